The lowest BCUT2D eigenvalue weighted by molar-refractivity contribution is -0.121. The number of benzene rings is 2. The van der Waals surface area contributed by atoms with E-state index >= 15 is 0 Å². The lowest BCUT2D eigenvalue weighted by atomic mass is 10.0. The van der Waals surface area contributed by atoms with Crippen molar-refractivity contribution in [3.8, 4) is 11.5 Å². The predicted octanol–water partition coefficient (Wildman–Crippen LogP) is 7.85. The van der Waals surface area contributed by atoms with Crippen LogP contribution in [0.25, 0.3) is 0 Å². The number of amides is 1. The summed E-state index contributed by atoms with van der Waals surface area (Å²) in [6.45, 7) is 2.26. The fourth-order valence-corrected chi connectivity index (χ4v) is 4.05. The van der Waals surface area contributed by atoms with E-state index in [1.807, 2.05) is 0 Å². The molecule has 0 fully saturated rings. The second-order valence-electron chi connectivity index (χ2n) is 9.47. The summed E-state index contributed by atoms with van der Waals surface area (Å²) in [5.41, 5.74) is 3.83. The number of nitrogens with zero attached hydrogens (tertiary/aromatic N) is 1. The molecule has 0 spiro atoms. The van der Waals surface area contributed by atoms with Crippen LogP contribution in [0.4, 0.5) is 0 Å². The first-order chi connectivity index (χ1) is 18.1. The fourth-order valence-electron chi connectivity index (χ4n) is 4.05. The molecular formula is C31H44N2O4. The van der Waals surface area contributed by atoms with Crippen LogP contribution >= 0.6 is 0 Å². The van der Waals surface area contributed by atoms with Crippen molar-refractivity contribution in [3.05, 3.63) is 59.7 Å². The Morgan fingerprint density at radius 3 is 1.78 bits per heavy atom. The molecule has 0 aliphatic carbocycles. The van der Waals surface area contributed by atoms with Gasteiger partial charge < -0.3 is 9.47 Å². The molecule has 202 valence electrons. The Bertz CT molecular complexity index is 923. The van der Waals surface area contributed by atoms with Gasteiger partial charge in [-0.25, -0.2) is 10.2 Å². The third-order valence-electron chi connectivity index (χ3n) is 6.33. The lowest BCUT2D eigenvalue weighted by Gasteiger charge is -2.05. The molecule has 0 aromatic heterocycles. The monoisotopic (exact) mass is 508 g/mol. The van der Waals surface area contributed by atoms with Gasteiger partial charge in [-0.05, 0) is 60.5 Å². The second kappa shape index (κ2) is 19.0. The first-order valence-corrected chi connectivity index (χ1v) is 13.9. The topological polar surface area (TPSA) is 77.0 Å². The SMILES string of the molecule is CCCCCCCCCCCCCCCC(=O)NN=Cc1ccc(OC(=O)c2ccc(OC)cc2)cc1. The number of hydrogen-bond donors (Lipinski definition) is 1. The quantitative estimate of drug-likeness (QED) is 0.0689. The molecule has 0 atom stereocenters. The molecule has 6 heteroatoms. The van der Waals surface area contributed by atoms with Gasteiger partial charge in [0.2, 0.25) is 5.91 Å². The van der Waals surface area contributed by atoms with Crippen molar-refractivity contribution < 1.29 is 19.1 Å². The van der Waals surface area contributed by atoms with E-state index in [2.05, 4.69) is 17.5 Å². The number of hydrogen-bond acceptors (Lipinski definition) is 5. The third kappa shape index (κ3) is 13.7. The zero-order valence-corrected chi connectivity index (χ0v) is 22.7. The van der Waals surface area contributed by atoms with E-state index in [0.717, 1.165) is 18.4 Å². The molecule has 1 amide bonds. The van der Waals surface area contributed by atoms with Gasteiger partial charge in [0.15, 0.2) is 0 Å². The number of nitrogens with one attached hydrogen (secondary N) is 1. The Labute approximate surface area is 222 Å². The van der Waals surface area contributed by atoms with Gasteiger partial charge in [0, 0.05) is 6.42 Å². The summed E-state index contributed by atoms with van der Waals surface area (Å²) >= 11 is 0. The number of ether oxygens (including phenoxy) is 2. The molecule has 0 heterocycles. The molecular weight excluding hydrogens is 464 g/mol. The van der Waals surface area contributed by atoms with Gasteiger partial charge in [0.25, 0.3) is 0 Å². The van der Waals surface area contributed by atoms with E-state index in [-0.39, 0.29) is 5.91 Å². The molecule has 37 heavy (non-hydrogen) atoms. The van der Waals surface area contributed by atoms with Crippen LogP contribution in [-0.2, 0) is 4.79 Å². The van der Waals surface area contributed by atoms with Crippen LogP contribution in [-0.4, -0.2) is 25.2 Å². The maximum atomic E-state index is 12.2. The Morgan fingerprint density at radius 2 is 1.24 bits per heavy atom. The highest BCUT2D eigenvalue weighted by atomic mass is 16.5. The molecule has 6 nitrogen and oxygen atoms in total. The van der Waals surface area contributed by atoms with Crippen molar-refractivity contribution in [1.29, 1.82) is 0 Å². The van der Waals surface area contributed by atoms with Crippen molar-refractivity contribution in [3.63, 3.8) is 0 Å². The van der Waals surface area contributed by atoms with Crippen LogP contribution in [0.1, 0.15) is 113 Å². The van der Waals surface area contributed by atoms with Gasteiger partial charge in [-0.15, -0.1) is 0 Å². The maximum Gasteiger partial charge on any atom is 0.343 e. The first kappa shape index (κ1) is 30.1. The van der Waals surface area contributed by atoms with E-state index in [0.29, 0.717) is 23.5 Å². The highest BCUT2D eigenvalue weighted by Gasteiger charge is 2.08. The number of methoxy groups -OCH3 is 1. The molecule has 0 aliphatic rings. The summed E-state index contributed by atoms with van der Waals surface area (Å²) in [7, 11) is 1.57. The van der Waals surface area contributed by atoms with E-state index in [4.69, 9.17) is 9.47 Å². The van der Waals surface area contributed by atoms with Crippen LogP contribution < -0.4 is 14.9 Å². The van der Waals surface area contributed by atoms with Crippen LogP contribution in [0, 0.1) is 0 Å². The van der Waals surface area contributed by atoms with Crippen molar-refractivity contribution in [1.82, 2.24) is 5.43 Å². The maximum absolute atomic E-state index is 12.2. The summed E-state index contributed by atoms with van der Waals surface area (Å²) in [5, 5.41) is 4.03. The van der Waals surface area contributed by atoms with Crippen molar-refractivity contribution in [2.24, 2.45) is 5.10 Å². The molecule has 0 bridgehead atoms. The normalized spacial score (nSPS) is 11.0. The van der Waals surface area contributed by atoms with Gasteiger partial charge in [-0.1, -0.05) is 84.0 Å². The van der Waals surface area contributed by atoms with E-state index < -0.39 is 5.97 Å². The minimum Gasteiger partial charge on any atom is -0.497 e. The van der Waals surface area contributed by atoms with Crippen LogP contribution in [0.5, 0.6) is 11.5 Å². The van der Waals surface area contributed by atoms with Gasteiger partial charge in [0.05, 0.1) is 18.9 Å². The zero-order valence-electron chi connectivity index (χ0n) is 22.7. The number of rotatable bonds is 19. The summed E-state index contributed by atoms with van der Waals surface area (Å²) < 4.78 is 10.5. The zero-order chi connectivity index (χ0) is 26.6. The smallest absolute Gasteiger partial charge is 0.343 e. The Hall–Kier alpha value is -3.15. The van der Waals surface area contributed by atoms with Gasteiger partial charge in [-0.3, -0.25) is 4.79 Å². The lowest BCUT2D eigenvalue weighted by Crippen LogP contribution is -2.16. The number of carbonyl (C=O) groups is 2. The van der Waals surface area contributed by atoms with Crippen molar-refractivity contribution >= 4 is 18.1 Å². The summed E-state index contributed by atoms with van der Waals surface area (Å²) in [5.74, 6) is 0.606. The molecule has 0 saturated carbocycles. The molecule has 1 N–H and O–H groups in total. The van der Waals surface area contributed by atoms with Crippen molar-refractivity contribution in [2.45, 2.75) is 96.8 Å². The van der Waals surface area contributed by atoms with E-state index in [1.54, 1.807) is 61.9 Å². The number of esters is 1. The number of carbonyl (C=O) groups excluding carboxylic acids is 2. The van der Waals surface area contributed by atoms with E-state index in [1.165, 1.54) is 70.6 Å². The minimum atomic E-state index is -0.440. The Kier molecular flexibility index (Phi) is 15.5. The van der Waals surface area contributed by atoms with Crippen LogP contribution in [0.3, 0.4) is 0 Å². The van der Waals surface area contributed by atoms with E-state index in [9.17, 15) is 9.59 Å². The predicted molar refractivity (Wildman–Crippen MR) is 150 cm³/mol. The number of unbranched alkanes of at least 4 members (excludes halogenated alkanes) is 12. The summed E-state index contributed by atoms with van der Waals surface area (Å²) in [4.78, 5) is 24.2. The molecule has 2 rings (SSSR count). The average Bonchev–Trinajstić information content (AvgIpc) is 2.92. The largest absolute Gasteiger partial charge is 0.497 e. The Balaban J connectivity index is 1.52. The molecule has 2 aromatic rings. The minimum absolute atomic E-state index is 0.0654. The highest BCUT2D eigenvalue weighted by molar-refractivity contribution is 5.91. The standard InChI is InChI=1S/C31H44N2O4/c1-3-4-5-6-7-8-9-10-11-12-13-14-15-16-30(34)33-32-25-26-17-21-29(22-18-26)37-31(35)27-19-23-28(36-2)24-20-27/h17-25H,3-16H2,1-2H3,(H,33,34). The first-order valence-electron chi connectivity index (χ1n) is 13.9. The van der Waals surface area contributed by atoms with Crippen LogP contribution in [0.15, 0.2) is 53.6 Å². The van der Waals surface area contributed by atoms with Crippen molar-refractivity contribution in [2.75, 3.05) is 7.11 Å². The Morgan fingerprint density at radius 1 is 0.730 bits per heavy atom. The summed E-state index contributed by atoms with van der Waals surface area (Å²) in [6.07, 6.45) is 18.8. The average molecular weight is 509 g/mol. The second-order valence-corrected chi connectivity index (χ2v) is 9.47. The molecule has 0 radical (unpaired) electrons. The van der Waals surface area contributed by atoms with Gasteiger partial charge >= 0.3 is 5.97 Å². The molecule has 0 unspecified atom stereocenters. The third-order valence-corrected chi connectivity index (χ3v) is 6.33. The molecule has 0 aliphatic heterocycles. The molecule has 0 saturated heterocycles. The van der Waals surface area contributed by atoms with Crippen LogP contribution in [0.2, 0.25) is 0 Å². The fraction of sp³-hybridized carbons (Fsp3) is 0.516. The van der Waals surface area contributed by atoms with Gasteiger partial charge in [-0.2, -0.15) is 5.10 Å². The van der Waals surface area contributed by atoms with Gasteiger partial charge in [0.1, 0.15) is 11.5 Å². The summed E-state index contributed by atoms with van der Waals surface area (Å²) in [6, 6.07) is 13.7. The molecule has 2 aromatic carbocycles. The number of hydrazone groups is 1. The highest BCUT2D eigenvalue weighted by Crippen LogP contribution is 2.16.